The molecule has 1 rings (SSSR count). The van der Waals surface area contributed by atoms with Crippen LogP contribution in [0, 0.1) is 13.8 Å². The van der Waals surface area contributed by atoms with Gasteiger partial charge in [-0.3, -0.25) is 0 Å². The standard InChI is InChI=1S/C18H27NO5/c1-5-6-8-23-17-12-15(2)18(16(3)13-17)24-14-22-11-10-21-9-7-19-20-4/h5-7,12-13H,8-11,14H2,1-4H3/b6-5+,19-7?. The highest BCUT2D eigenvalue weighted by Crippen LogP contribution is 2.28. The fourth-order valence-corrected chi connectivity index (χ4v) is 1.98. The Hall–Kier alpha value is -2.05. The Morgan fingerprint density at radius 1 is 1.00 bits per heavy atom. The average Bonchev–Trinajstić information content (AvgIpc) is 2.55. The molecule has 0 bridgehead atoms. The van der Waals surface area contributed by atoms with Crippen molar-refractivity contribution in [1.29, 1.82) is 0 Å². The van der Waals surface area contributed by atoms with Crippen molar-refractivity contribution in [3.8, 4) is 11.5 Å². The second-order valence-electron chi connectivity index (χ2n) is 4.98. The van der Waals surface area contributed by atoms with E-state index in [0.717, 1.165) is 22.6 Å². The van der Waals surface area contributed by atoms with Crippen molar-refractivity contribution in [1.82, 2.24) is 0 Å². The smallest absolute Gasteiger partial charge is 0.189 e. The van der Waals surface area contributed by atoms with Crippen molar-refractivity contribution in [3.63, 3.8) is 0 Å². The van der Waals surface area contributed by atoms with Crippen LogP contribution in [0.3, 0.4) is 0 Å². The summed E-state index contributed by atoms with van der Waals surface area (Å²) in [6, 6.07) is 3.92. The van der Waals surface area contributed by atoms with Gasteiger partial charge >= 0.3 is 0 Å². The number of hydrogen-bond donors (Lipinski definition) is 0. The van der Waals surface area contributed by atoms with Gasteiger partial charge in [0.05, 0.1) is 26.0 Å². The monoisotopic (exact) mass is 337 g/mol. The molecule has 24 heavy (non-hydrogen) atoms. The lowest BCUT2D eigenvalue weighted by molar-refractivity contribution is -0.0121. The maximum atomic E-state index is 5.70. The molecule has 0 aliphatic rings. The zero-order valence-electron chi connectivity index (χ0n) is 14.9. The number of nitrogens with zero attached hydrogens (tertiary/aromatic N) is 1. The quantitative estimate of drug-likeness (QED) is 0.193. The molecule has 0 heterocycles. The normalized spacial score (nSPS) is 11.3. The molecule has 0 radical (unpaired) electrons. The van der Waals surface area contributed by atoms with Gasteiger partial charge in [-0.2, -0.15) is 0 Å². The highest BCUT2D eigenvalue weighted by atomic mass is 16.7. The largest absolute Gasteiger partial charge is 0.490 e. The third kappa shape index (κ3) is 7.99. The molecule has 1 aromatic carbocycles. The van der Waals surface area contributed by atoms with Crippen molar-refractivity contribution in [2.45, 2.75) is 20.8 Å². The lowest BCUT2D eigenvalue weighted by Gasteiger charge is -2.14. The van der Waals surface area contributed by atoms with Gasteiger partial charge in [-0.05, 0) is 44.0 Å². The van der Waals surface area contributed by atoms with Crippen LogP contribution in [0.5, 0.6) is 11.5 Å². The number of allylic oxidation sites excluding steroid dienone is 1. The Bertz CT molecular complexity index is 505. The van der Waals surface area contributed by atoms with Gasteiger partial charge in [-0.1, -0.05) is 17.3 Å². The maximum absolute atomic E-state index is 5.70. The molecule has 0 unspecified atom stereocenters. The first-order chi connectivity index (χ1) is 11.7. The molecule has 6 nitrogen and oxygen atoms in total. The molecule has 6 heteroatoms. The van der Waals surface area contributed by atoms with E-state index in [1.165, 1.54) is 7.11 Å². The van der Waals surface area contributed by atoms with Gasteiger partial charge in [0, 0.05) is 0 Å². The molecule has 134 valence electrons. The Balaban J connectivity index is 2.31. The Morgan fingerprint density at radius 2 is 1.71 bits per heavy atom. The van der Waals surface area contributed by atoms with Crippen molar-refractivity contribution in [3.05, 3.63) is 35.4 Å². The summed E-state index contributed by atoms with van der Waals surface area (Å²) in [4.78, 5) is 4.52. The zero-order valence-corrected chi connectivity index (χ0v) is 14.9. The van der Waals surface area contributed by atoms with Gasteiger partial charge in [-0.15, -0.1) is 0 Å². The first kappa shape index (κ1) is 20.0. The average molecular weight is 337 g/mol. The second-order valence-corrected chi connectivity index (χ2v) is 4.98. The molecule has 0 saturated carbocycles. The number of benzene rings is 1. The zero-order chi connectivity index (χ0) is 17.6. The summed E-state index contributed by atoms with van der Waals surface area (Å²) >= 11 is 0. The molecule has 0 aliphatic heterocycles. The van der Waals surface area contributed by atoms with E-state index in [2.05, 4.69) is 9.99 Å². The third-order valence-electron chi connectivity index (χ3n) is 3.05. The van der Waals surface area contributed by atoms with E-state index >= 15 is 0 Å². The number of oxime groups is 1. The molecule has 0 amide bonds. The highest BCUT2D eigenvalue weighted by molar-refractivity contribution is 5.57. The van der Waals surface area contributed by atoms with Crippen LogP contribution in [-0.4, -0.2) is 46.5 Å². The van der Waals surface area contributed by atoms with Gasteiger partial charge in [-0.25, -0.2) is 0 Å². The molecule has 0 spiro atoms. The van der Waals surface area contributed by atoms with Gasteiger partial charge in [0.15, 0.2) is 6.79 Å². The molecule has 0 aromatic heterocycles. The van der Waals surface area contributed by atoms with E-state index in [9.17, 15) is 0 Å². The summed E-state index contributed by atoms with van der Waals surface area (Å²) < 4.78 is 22.0. The topological polar surface area (TPSA) is 58.5 Å². The molecule has 0 atom stereocenters. The summed E-state index contributed by atoms with van der Waals surface area (Å²) in [5.74, 6) is 1.66. The lowest BCUT2D eigenvalue weighted by Crippen LogP contribution is -2.11. The van der Waals surface area contributed by atoms with Gasteiger partial charge in [0.1, 0.15) is 25.2 Å². The van der Waals surface area contributed by atoms with Crippen LogP contribution in [0.4, 0.5) is 0 Å². The fraction of sp³-hybridized carbons (Fsp3) is 0.500. The van der Waals surface area contributed by atoms with Crippen LogP contribution in [0.25, 0.3) is 0 Å². The predicted octanol–water partition coefficient (Wildman–Crippen LogP) is 3.26. The lowest BCUT2D eigenvalue weighted by atomic mass is 10.1. The fourth-order valence-electron chi connectivity index (χ4n) is 1.98. The summed E-state index contributed by atoms with van der Waals surface area (Å²) in [6.45, 7) is 7.99. The highest BCUT2D eigenvalue weighted by Gasteiger charge is 2.07. The number of ether oxygens (including phenoxy) is 4. The second kappa shape index (κ2) is 12.4. The Morgan fingerprint density at radius 3 is 2.38 bits per heavy atom. The summed E-state index contributed by atoms with van der Waals surface area (Å²) in [5.41, 5.74) is 2.03. The van der Waals surface area contributed by atoms with Crippen molar-refractivity contribution in [2.24, 2.45) is 5.16 Å². The molecular weight excluding hydrogens is 310 g/mol. The van der Waals surface area contributed by atoms with Crippen LogP contribution in [-0.2, 0) is 14.3 Å². The van der Waals surface area contributed by atoms with Gasteiger partial charge in [0.2, 0.25) is 0 Å². The van der Waals surface area contributed by atoms with Crippen molar-refractivity contribution >= 4 is 6.21 Å². The van der Waals surface area contributed by atoms with E-state index in [4.69, 9.17) is 18.9 Å². The Kier molecular flexibility index (Phi) is 10.3. The molecule has 0 N–H and O–H groups in total. The molecule has 0 fully saturated rings. The minimum Gasteiger partial charge on any atom is -0.490 e. The summed E-state index contributed by atoms with van der Waals surface area (Å²) in [6.07, 6.45) is 5.47. The van der Waals surface area contributed by atoms with Gasteiger partial charge in [0.25, 0.3) is 0 Å². The van der Waals surface area contributed by atoms with Crippen LogP contribution in [0.15, 0.2) is 29.4 Å². The molecule has 1 aromatic rings. The number of rotatable bonds is 12. The SMILES string of the molecule is C/C=C/COc1cc(C)c(OCOCCOCC=NOC)c(C)c1. The first-order valence-electron chi connectivity index (χ1n) is 7.87. The van der Waals surface area contributed by atoms with E-state index in [1.54, 1.807) is 6.21 Å². The minimum atomic E-state index is 0.177. The maximum Gasteiger partial charge on any atom is 0.189 e. The van der Waals surface area contributed by atoms with E-state index in [0.29, 0.717) is 26.4 Å². The predicted molar refractivity (Wildman–Crippen MR) is 94.0 cm³/mol. The van der Waals surface area contributed by atoms with Crippen LogP contribution in [0.2, 0.25) is 0 Å². The third-order valence-corrected chi connectivity index (χ3v) is 3.05. The Labute approximate surface area is 144 Å². The van der Waals surface area contributed by atoms with E-state index < -0.39 is 0 Å². The minimum absolute atomic E-state index is 0.177. The van der Waals surface area contributed by atoms with Crippen LogP contribution >= 0.6 is 0 Å². The van der Waals surface area contributed by atoms with Crippen LogP contribution in [0.1, 0.15) is 18.1 Å². The van der Waals surface area contributed by atoms with E-state index in [1.807, 2.05) is 45.1 Å². The van der Waals surface area contributed by atoms with Gasteiger partial charge < -0.3 is 23.8 Å². The summed E-state index contributed by atoms with van der Waals surface area (Å²) in [7, 11) is 1.49. The molecular formula is C18H27NO5. The molecule has 0 aliphatic carbocycles. The first-order valence-corrected chi connectivity index (χ1v) is 7.87. The molecule has 0 saturated heterocycles. The van der Waals surface area contributed by atoms with Crippen LogP contribution < -0.4 is 9.47 Å². The number of aryl methyl sites for hydroxylation is 2. The summed E-state index contributed by atoms with van der Waals surface area (Å²) in [5, 5.41) is 3.57. The van der Waals surface area contributed by atoms with Crippen molar-refractivity contribution < 1.29 is 23.8 Å². The number of hydrogen-bond acceptors (Lipinski definition) is 6. The van der Waals surface area contributed by atoms with Crippen molar-refractivity contribution in [2.75, 3.05) is 40.3 Å². The van der Waals surface area contributed by atoms with E-state index in [-0.39, 0.29) is 6.79 Å².